The van der Waals surface area contributed by atoms with Crippen LogP contribution in [0.2, 0.25) is 0 Å². The molecule has 1 aromatic heterocycles. The first-order valence-corrected chi connectivity index (χ1v) is 6.23. The number of aliphatic carboxylic acids is 1. The van der Waals surface area contributed by atoms with Crippen molar-refractivity contribution in [2.75, 3.05) is 0 Å². The molecule has 104 valence electrons. The molecule has 0 amide bonds. The molecule has 1 unspecified atom stereocenters. The van der Waals surface area contributed by atoms with Gasteiger partial charge < -0.3 is 14.6 Å². The van der Waals surface area contributed by atoms with Crippen LogP contribution in [0.15, 0.2) is 36.4 Å². The second-order valence-electron chi connectivity index (χ2n) is 4.49. The number of carbonyl (C=O) groups is 1. The Morgan fingerprint density at radius 2 is 2.29 bits per heavy atom. The number of benzene rings is 1. The summed E-state index contributed by atoms with van der Waals surface area (Å²) in [4.78, 5) is 14.9. The first-order valence-electron chi connectivity index (χ1n) is 6.23. The zero-order valence-electron chi connectivity index (χ0n) is 10.8. The van der Waals surface area contributed by atoms with E-state index in [1.807, 2.05) is 6.07 Å². The molecule has 1 aliphatic rings. The molecule has 1 atom stereocenters. The van der Waals surface area contributed by atoms with Gasteiger partial charge in [0, 0.05) is 18.6 Å². The molecule has 0 saturated heterocycles. The average Bonchev–Trinajstić information content (AvgIpc) is 2.91. The minimum atomic E-state index is -0.989. The van der Waals surface area contributed by atoms with Crippen molar-refractivity contribution >= 4 is 5.97 Å². The van der Waals surface area contributed by atoms with Gasteiger partial charge >= 0.3 is 5.97 Å². The van der Waals surface area contributed by atoms with Gasteiger partial charge in [-0.2, -0.15) is 5.26 Å². The number of nitrogens with zero attached hydrogens (tertiary/aromatic N) is 2. The number of pyridine rings is 1. The van der Waals surface area contributed by atoms with Crippen LogP contribution in [0.5, 0.6) is 17.4 Å². The number of rotatable bonds is 3. The van der Waals surface area contributed by atoms with Gasteiger partial charge in [0.25, 0.3) is 0 Å². The Kier molecular flexibility index (Phi) is 3.16. The van der Waals surface area contributed by atoms with Crippen LogP contribution in [-0.4, -0.2) is 22.2 Å². The largest absolute Gasteiger partial charge is 0.478 e. The third kappa shape index (κ3) is 2.62. The SMILES string of the molecule is N#Cc1cccc(Oc2ccc3c(c2)OC(C(=O)O)C3)n1. The second-order valence-corrected chi connectivity index (χ2v) is 4.49. The number of carboxylic acids is 1. The van der Waals surface area contributed by atoms with Gasteiger partial charge in [0.2, 0.25) is 5.88 Å². The highest BCUT2D eigenvalue weighted by Crippen LogP contribution is 2.33. The third-order valence-electron chi connectivity index (χ3n) is 3.05. The minimum Gasteiger partial charge on any atom is -0.478 e. The van der Waals surface area contributed by atoms with E-state index in [1.165, 1.54) is 0 Å². The summed E-state index contributed by atoms with van der Waals surface area (Å²) in [6.07, 6.45) is -0.511. The molecule has 0 aliphatic carbocycles. The maximum atomic E-state index is 10.9. The summed E-state index contributed by atoms with van der Waals surface area (Å²) in [7, 11) is 0. The molecule has 1 aliphatic heterocycles. The predicted molar refractivity (Wildman–Crippen MR) is 71.2 cm³/mol. The maximum absolute atomic E-state index is 10.9. The fraction of sp³-hybridized carbons (Fsp3) is 0.133. The first-order chi connectivity index (χ1) is 10.2. The zero-order valence-corrected chi connectivity index (χ0v) is 10.8. The monoisotopic (exact) mass is 282 g/mol. The molecule has 2 aromatic rings. The number of nitriles is 1. The summed E-state index contributed by atoms with van der Waals surface area (Å²) in [5.74, 6) is 0.276. The predicted octanol–water partition coefficient (Wildman–Crippen LogP) is 2.13. The van der Waals surface area contributed by atoms with E-state index in [2.05, 4.69) is 4.98 Å². The molecule has 3 rings (SSSR count). The molecule has 1 aromatic carbocycles. The lowest BCUT2D eigenvalue weighted by Gasteiger charge is -2.07. The molecule has 0 bridgehead atoms. The topological polar surface area (TPSA) is 92.4 Å². The Labute approximate surface area is 120 Å². The van der Waals surface area contributed by atoms with E-state index in [-0.39, 0.29) is 5.69 Å². The lowest BCUT2D eigenvalue weighted by molar-refractivity contribution is -0.144. The van der Waals surface area contributed by atoms with Crippen molar-refractivity contribution in [1.82, 2.24) is 4.98 Å². The number of fused-ring (bicyclic) bond motifs is 1. The van der Waals surface area contributed by atoms with Gasteiger partial charge in [0.1, 0.15) is 23.3 Å². The van der Waals surface area contributed by atoms with E-state index >= 15 is 0 Å². The highest BCUT2D eigenvalue weighted by molar-refractivity contribution is 5.74. The van der Waals surface area contributed by atoms with E-state index in [0.29, 0.717) is 23.8 Å². The van der Waals surface area contributed by atoms with E-state index in [9.17, 15) is 4.79 Å². The number of hydrogen-bond donors (Lipinski definition) is 1. The third-order valence-corrected chi connectivity index (χ3v) is 3.05. The molecule has 0 fully saturated rings. The smallest absolute Gasteiger partial charge is 0.345 e. The van der Waals surface area contributed by atoms with Gasteiger partial charge in [0.05, 0.1) is 0 Å². The quantitative estimate of drug-likeness (QED) is 0.927. The molecule has 0 saturated carbocycles. The summed E-state index contributed by atoms with van der Waals surface area (Å²) >= 11 is 0. The lowest BCUT2D eigenvalue weighted by Crippen LogP contribution is -2.24. The molecule has 2 heterocycles. The van der Waals surface area contributed by atoms with Crippen molar-refractivity contribution in [3.8, 4) is 23.4 Å². The summed E-state index contributed by atoms with van der Waals surface area (Å²) in [5, 5.41) is 17.7. The normalized spacial score (nSPS) is 15.7. The zero-order chi connectivity index (χ0) is 14.8. The standard InChI is InChI=1S/C15H10N2O4/c16-8-10-2-1-3-14(17-10)20-11-5-4-9-6-13(15(18)19)21-12(9)7-11/h1-5,7,13H,6H2,(H,18,19). The van der Waals surface area contributed by atoms with Crippen molar-refractivity contribution in [2.45, 2.75) is 12.5 Å². The Morgan fingerprint density at radius 3 is 3.05 bits per heavy atom. The molecule has 0 radical (unpaired) electrons. The van der Waals surface area contributed by atoms with Crippen LogP contribution >= 0.6 is 0 Å². The summed E-state index contributed by atoms with van der Waals surface area (Å²) < 4.78 is 10.9. The van der Waals surface area contributed by atoms with Crippen LogP contribution in [0.3, 0.4) is 0 Å². The van der Waals surface area contributed by atoms with Crippen LogP contribution in [0.4, 0.5) is 0 Å². The molecule has 1 N–H and O–H groups in total. The molecular weight excluding hydrogens is 272 g/mol. The van der Waals surface area contributed by atoms with Crippen molar-refractivity contribution in [2.24, 2.45) is 0 Å². The van der Waals surface area contributed by atoms with Gasteiger partial charge in [-0.15, -0.1) is 0 Å². The van der Waals surface area contributed by atoms with Crippen LogP contribution in [0.25, 0.3) is 0 Å². The van der Waals surface area contributed by atoms with Crippen LogP contribution in [-0.2, 0) is 11.2 Å². The Morgan fingerprint density at radius 1 is 1.43 bits per heavy atom. The number of carboxylic acid groups (broad SMARTS) is 1. The summed E-state index contributed by atoms with van der Waals surface area (Å²) in [6.45, 7) is 0. The number of ether oxygens (including phenoxy) is 2. The lowest BCUT2D eigenvalue weighted by atomic mass is 10.1. The average molecular weight is 282 g/mol. The fourth-order valence-electron chi connectivity index (χ4n) is 2.06. The van der Waals surface area contributed by atoms with Crippen LogP contribution < -0.4 is 9.47 Å². The summed E-state index contributed by atoms with van der Waals surface area (Å²) in [5.41, 5.74) is 1.09. The van der Waals surface area contributed by atoms with E-state index < -0.39 is 12.1 Å². The summed E-state index contributed by atoms with van der Waals surface area (Å²) in [6, 6.07) is 11.9. The second kappa shape index (κ2) is 5.13. The van der Waals surface area contributed by atoms with Crippen molar-refractivity contribution in [1.29, 1.82) is 5.26 Å². The van der Waals surface area contributed by atoms with Crippen LogP contribution in [0, 0.1) is 11.3 Å². The molecule has 6 heteroatoms. The van der Waals surface area contributed by atoms with Gasteiger partial charge in [0.15, 0.2) is 6.10 Å². The Hall–Kier alpha value is -3.07. The van der Waals surface area contributed by atoms with Crippen LogP contribution in [0.1, 0.15) is 11.3 Å². The van der Waals surface area contributed by atoms with Crippen molar-refractivity contribution < 1.29 is 19.4 Å². The Balaban J connectivity index is 1.81. The highest BCUT2D eigenvalue weighted by Gasteiger charge is 2.29. The fourth-order valence-corrected chi connectivity index (χ4v) is 2.06. The molecule has 6 nitrogen and oxygen atoms in total. The number of aromatic nitrogens is 1. The maximum Gasteiger partial charge on any atom is 0.345 e. The van der Waals surface area contributed by atoms with Crippen molar-refractivity contribution in [3.63, 3.8) is 0 Å². The first kappa shape index (κ1) is 12.9. The molecular formula is C15H10N2O4. The van der Waals surface area contributed by atoms with Crippen molar-refractivity contribution in [3.05, 3.63) is 47.7 Å². The van der Waals surface area contributed by atoms with Gasteiger partial charge in [-0.25, -0.2) is 9.78 Å². The van der Waals surface area contributed by atoms with Gasteiger partial charge in [-0.1, -0.05) is 12.1 Å². The minimum absolute atomic E-state index is 0.260. The van der Waals surface area contributed by atoms with Gasteiger partial charge in [-0.05, 0) is 17.7 Å². The number of hydrogen-bond acceptors (Lipinski definition) is 5. The highest BCUT2D eigenvalue weighted by atomic mass is 16.5. The van der Waals surface area contributed by atoms with Gasteiger partial charge in [-0.3, -0.25) is 0 Å². The van der Waals surface area contributed by atoms with E-state index in [4.69, 9.17) is 19.8 Å². The van der Waals surface area contributed by atoms with E-state index in [1.54, 1.807) is 36.4 Å². The molecule has 0 spiro atoms. The Bertz CT molecular complexity index is 752. The van der Waals surface area contributed by atoms with E-state index in [0.717, 1.165) is 5.56 Å². The molecule has 21 heavy (non-hydrogen) atoms.